The highest BCUT2D eigenvalue weighted by Gasteiger charge is 2.43. The van der Waals surface area contributed by atoms with E-state index in [2.05, 4.69) is 56.9 Å². The number of carbonyl (C=O) groups excluding carboxylic acids is 2. The zero-order chi connectivity index (χ0) is 25.2. The van der Waals surface area contributed by atoms with Crippen LogP contribution in [0.1, 0.15) is 72.6 Å². The molecule has 0 aromatic heterocycles. The van der Waals surface area contributed by atoms with Crippen molar-refractivity contribution in [1.82, 2.24) is 20.0 Å². The van der Waals surface area contributed by atoms with Crippen LogP contribution < -0.4 is 5.32 Å². The van der Waals surface area contributed by atoms with Gasteiger partial charge in [0.2, 0.25) is 11.8 Å². The zero-order valence-corrected chi connectivity index (χ0v) is 23.4. The molecular weight excluding hydrogens is 448 g/mol. The summed E-state index contributed by atoms with van der Waals surface area (Å²) < 4.78 is 0. The number of nitrogens with one attached hydrogen (secondary N) is 1. The average molecular weight is 497 g/mol. The Labute approximate surface area is 213 Å². The molecule has 34 heavy (non-hydrogen) atoms. The van der Waals surface area contributed by atoms with E-state index >= 15 is 0 Å². The number of rotatable bonds is 7. The maximum atomic E-state index is 13.4. The van der Waals surface area contributed by atoms with E-state index in [9.17, 15) is 9.59 Å². The average Bonchev–Trinajstić information content (AvgIpc) is 2.80. The van der Waals surface area contributed by atoms with Crippen LogP contribution in [0.3, 0.4) is 0 Å². The summed E-state index contributed by atoms with van der Waals surface area (Å²) in [5, 5.41) is 3.20. The molecule has 0 bridgehead atoms. The van der Waals surface area contributed by atoms with Crippen LogP contribution in [-0.4, -0.2) is 90.3 Å². The predicted octanol–water partition coefficient (Wildman–Crippen LogP) is 3.82. The minimum Gasteiger partial charge on any atom is -0.355 e. The molecule has 7 atom stereocenters. The first-order valence-electron chi connectivity index (χ1n) is 13.7. The first-order valence-corrected chi connectivity index (χ1v) is 14.1. The molecular formula is C27H49ClN4O2. The second-order valence-electron chi connectivity index (χ2n) is 11.7. The van der Waals surface area contributed by atoms with Gasteiger partial charge in [0, 0.05) is 49.1 Å². The number of halogens is 1. The molecule has 0 spiro atoms. The number of hydrogen-bond acceptors (Lipinski definition) is 4. The fourth-order valence-corrected chi connectivity index (χ4v) is 7.37. The quantitative estimate of drug-likeness (QED) is 0.544. The highest BCUT2D eigenvalue weighted by molar-refractivity contribution is 6.20. The summed E-state index contributed by atoms with van der Waals surface area (Å²) >= 11 is 6.78. The van der Waals surface area contributed by atoms with E-state index in [1.54, 1.807) is 0 Å². The van der Waals surface area contributed by atoms with E-state index < -0.39 is 0 Å². The molecule has 6 nitrogen and oxygen atoms in total. The second kappa shape index (κ2) is 11.9. The number of carbonyl (C=O) groups is 2. The van der Waals surface area contributed by atoms with Gasteiger partial charge in [0.15, 0.2) is 0 Å². The summed E-state index contributed by atoms with van der Waals surface area (Å²) in [6, 6.07) is 1.86. The van der Waals surface area contributed by atoms with Gasteiger partial charge in [-0.25, -0.2) is 0 Å². The van der Waals surface area contributed by atoms with Gasteiger partial charge >= 0.3 is 0 Å². The van der Waals surface area contributed by atoms with Crippen LogP contribution in [0.5, 0.6) is 0 Å². The van der Waals surface area contributed by atoms with E-state index in [4.69, 9.17) is 11.6 Å². The van der Waals surface area contributed by atoms with Crippen molar-refractivity contribution in [2.75, 3.05) is 34.2 Å². The Hall–Kier alpha value is -0.850. The highest BCUT2D eigenvalue weighted by atomic mass is 35.5. The lowest BCUT2D eigenvalue weighted by Crippen LogP contribution is -2.56. The summed E-state index contributed by atoms with van der Waals surface area (Å²) in [7, 11) is 6.26. The molecule has 0 radical (unpaired) electrons. The summed E-state index contributed by atoms with van der Waals surface area (Å²) in [6.07, 6.45) is 7.58. The van der Waals surface area contributed by atoms with Crippen LogP contribution in [0.15, 0.2) is 0 Å². The first kappa shape index (κ1) is 27.7. The molecule has 7 unspecified atom stereocenters. The van der Waals surface area contributed by atoms with Crippen LogP contribution in [0.4, 0.5) is 0 Å². The molecule has 1 heterocycles. The third-order valence-corrected chi connectivity index (χ3v) is 9.82. The molecule has 3 aliphatic rings. The molecule has 0 aromatic rings. The lowest BCUT2D eigenvalue weighted by molar-refractivity contribution is -0.142. The van der Waals surface area contributed by atoms with E-state index in [0.29, 0.717) is 24.7 Å². The number of hydrogen-bond donors (Lipinski definition) is 1. The van der Waals surface area contributed by atoms with Crippen molar-refractivity contribution in [3.63, 3.8) is 0 Å². The summed E-state index contributed by atoms with van der Waals surface area (Å²) in [4.78, 5) is 33.1. The fourth-order valence-electron chi connectivity index (χ4n) is 7.00. The van der Waals surface area contributed by atoms with Gasteiger partial charge < -0.3 is 15.1 Å². The molecule has 0 aromatic carbocycles. The minimum absolute atomic E-state index is 0.0198. The highest BCUT2D eigenvalue weighted by Crippen LogP contribution is 2.39. The molecule has 3 rings (SSSR count). The third kappa shape index (κ3) is 6.10. The van der Waals surface area contributed by atoms with E-state index in [0.717, 1.165) is 25.8 Å². The van der Waals surface area contributed by atoms with Crippen molar-refractivity contribution in [2.24, 2.45) is 23.7 Å². The Morgan fingerprint density at radius 2 is 1.68 bits per heavy atom. The number of alkyl halides is 1. The lowest BCUT2D eigenvalue weighted by atomic mass is 9.74. The Bertz CT molecular complexity index is 696. The van der Waals surface area contributed by atoms with Crippen LogP contribution in [0.25, 0.3) is 0 Å². The van der Waals surface area contributed by atoms with E-state index in [1.165, 1.54) is 25.7 Å². The maximum absolute atomic E-state index is 13.4. The van der Waals surface area contributed by atoms with Gasteiger partial charge in [0.25, 0.3) is 0 Å². The van der Waals surface area contributed by atoms with Gasteiger partial charge in [0.05, 0.1) is 5.92 Å². The van der Waals surface area contributed by atoms with Crippen molar-refractivity contribution in [2.45, 2.75) is 102 Å². The minimum atomic E-state index is -0.134. The van der Waals surface area contributed by atoms with Crippen molar-refractivity contribution < 1.29 is 9.59 Å². The Kier molecular flexibility index (Phi) is 9.73. The van der Waals surface area contributed by atoms with Crippen molar-refractivity contribution in [3.05, 3.63) is 0 Å². The van der Waals surface area contributed by atoms with Gasteiger partial charge in [-0.1, -0.05) is 20.8 Å². The lowest BCUT2D eigenvalue weighted by Gasteiger charge is -2.48. The van der Waals surface area contributed by atoms with Crippen molar-refractivity contribution >= 4 is 23.4 Å². The monoisotopic (exact) mass is 496 g/mol. The number of likely N-dealkylation sites (tertiary alicyclic amines) is 1. The summed E-state index contributed by atoms with van der Waals surface area (Å²) in [5.41, 5.74) is 0. The van der Waals surface area contributed by atoms with Crippen LogP contribution in [0.2, 0.25) is 0 Å². The molecule has 3 fully saturated rings. The normalized spacial score (nSPS) is 39.5. The molecule has 196 valence electrons. The Balaban J connectivity index is 1.63. The smallest absolute Gasteiger partial charge is 0.227 e. The second-order valence-corrected chi connectivity index (χ2v) is 12.3. The standard InChI is InChI=1S/C27H49ClN4O2/c1-8-32(22-11-9-21(10-12-22)30(5)6)25-15-20(28)14-23(19(25)4)26(33)29-16-24-17(2)13-18(3)31(7)27(24)34/h17-25H,8-16H2,1-7H3,(H,29,33). The molecule has 7 heteroatoms. The summed E-state index contributed by atoms with van der Waals surface area (Å²) in [6.45, 7) is 10.2. The largest absolute Gasteiger partial charge is 0.355 e. The first-order chi connectivity index (χ1) is 16.0. The molecule has 2 saturated carbocycles. The number of nitrogens with zero attached hydrogens (tertiary/aromatic N) is 3. The zero-order valence-electron chi connectivity index (χ0n) is 22.6. The topological polar surface area (TPSA) is 55.9 Å². The maximum Gasteiger partial charge on any atom is 0.227 e. The molecule has 2 aliphatic carbocycles. The fraction of sp³-hybridized carbons (Fsp3) is 0.926. The van der Waals surface area contributed by atoms with E-state index in [1.807, 2.05) is 11.9 Å². The van der Waals surface area contributed by atoms with Crippen LogP contribution in [0, 0.1) is 23.7 Å². The van der Waals surface area contributed by atoms with Crippen molar-refractivity contribution in [3.8, 4) is 0 Å². The Morgan fingerprint density at radius 3 is 2.26 bits per heavy atom. The predicted molar refractivity (Wildman–Crippen MR) is 140 cm³/mol. The van der Waals surface area contributed by atoms with Gasteiger partial charge in [-0.05, 0) is 84.3 Å². The molecule has 1 aliphatic heterocycles. The van der Waals surface area contributed by atoms with Gasteiger partial charge in [-0.15, -0.1) is 11.6 Å². The van der Waals surface area contributed by atoms with Crippen molar-refractivity contribution in [1.29, 1.82) is 0 Å². The number of amides is 2. The molecule has 1 N–H and O–H groups in total. The van der Waals surface area contributed by atoms with Gasteiger partial charge in [0.1, 0.15) is 0 Å². The molecule has 1 saturated heterocycles. The van der Waals surface area contributed by atoms with Crippen LogP contribution in [-0.2, 0) is 9.59 Å². The number of piperidine rings is 1. The van der Waals surface area contributed by atoms with E-state index in [-0.39, 0.29) is 46.9 Å². The third-order valence-electron chi connectivity index (χ3n) is 9.46. The van der Waals surface area contributed by atoms with Gasteiger partial charge in [-0.2, -0.15) is 0 Å². The summed E-state index contributed by atoms with van der Waals surface area (Å²) in [5.74, 6) is 0.538. The molecule has 2 amide bonds. The van der Waals surface area contributed by atoms with Gasteiger partial charge in [-0.3, -0.25) is 14.5 Å². The van der Waals surface area contributed by atoms with Crippen LogP contribution >= 0.6 is 11.6 Å². The SMILES string of the molecule is CCN(C1CCC(N(C)C)CC1)C1CC(Cl)CC(C(=O)NCC2C(=O)N(C)C(C)CC2C)C1C. The Morgan fingerprint density at radius 1 is 1.06 bits per heavy atom.